The van der Waals surface area contributed by atoms with E-state index in [0.717, 1.165) is 10.7 Å². The zero-order valence-corrected chi connectivity index (χ0v) is 21.0. The first kappa shape index (κ1) is 30.5. The van der Waals surface area contributed by atoms with Crippen LogP contribution < -0.4 is 28.7 Å². The second-order valence-corrected chi connectivity index (χ2v) is 8.15. The largest absolute Gasteiger partial charge is 0.399 e. The molecule has 34 heavy (non-hydrogen) atoms. The van der Waals surface area contributed by atoms with Gasteiger partial charge in [0.25, 0.3) is 0 Å². The Morgan fingerprint density at radius 1 is 0.824 bits per heavy atom. The van der Waals surface area contributed by atoms with Crippen LogP contribution in [0.15, 0.2) is 102 Å². The number of amides is 1. The van der Waals surface area contributed by atoms with Crippen LogP contribution in [0.5, 0.6) is 0 Å². The summed E-state index contributed by atoms with van der Waals surface area (Å²) in [7, 11) is 0. The van der Waals surface area contributed by atoms with Crippen LogP contribution >= 0.6 is 22.9 Å². The summed E-state index contributed by atoms with van der Waals surface area (Å²) in [5, 5.41) is 3.56. The van der Waals surface area contributed by atoms with Gasteiger partial charge < -0.3 is 28.7 Å². The second kappa shape index (κ2) is 19.0. The van der Waals surface area contributed by atoms with E-state index < -0.39 is 11.9 Å². The predicted octanol–water partition coefficient (Wildman–Crippen LogP) is 5.34. The summed E-state index contributed by atoms with van der Waals surface area (Å²) in [4.78, 5) is 9.80. The van der Waals surface area contributed by atoms with Crippen LogP contribution in [0.3, 0.4) is 0 Å². The van der Waals surface area contributed by atoms with Gasteiger partial charge in [0.05, 0.1) is 21.8 Å². The van der Waals surface area contributed by atoms with Crippen molar-refractivity contribution < 1.29 is 4.79 Å². The van der Waals surface area contributed by atoms with E-state index in [0.29, 0.717) is 10.7 Å². The molecule has 8 heteroatoms. The maximum Gasteiger partial charge on any atom is 0.234 e. The maximum atomic E-state index is 9.80. The Labute approximate surface area is 211 Å². The van der Waals surface area contributed by atoms with Crippen LogP contribution in [0.2, 0.25) is 5.02 Å². The summed E-state index contributed by atoms with van der Waals surface area (Å²) in [6, 6.07) is 30.2. The minimum absolute atomic E-state index is 0.463. The van der Waals surface area contributed by atoms with Gasteiger partial charge in [0.1, 0.15) is 0 Å². The van der Waals surface area contributed by atoms with Gasteiger partial charge in [0.2, 0.25) is 5.91 Å². The normalized spacial score (nSPS) is 9.65. The van der Waals surface area contributed by atoms with E-state index in [9.17, 15) is 4.79 Å². The molecule has 10 N–H and O–H groups in total. The molecule has 1 heterocycles. The van der Waals surface area contributed by atoms with Gasteiger partial charge in [-0.2, -0.15) is 0 Å². The lowest BCUT2D eigenvalue weighted by atomic mass is 10.3. The van der Waals surface area contributed by atoms with Gasteiger partial charge in [-0.05, 0) is 55.1 Å². The van der Waals surface area contributed by atoms with Gasteiger partial charge in [0.15, 0.2) is 0 Å². The topological polar surface area (TPSA) is 147 Å². The number of rotatable bonds is 1. The van der Waals surface area contributed by atoms with Crippen LogP contribution in [0.1, 0.15) is 12.5 Å². The maximum absolute atomic E-state index is 9.80. The Hall–Kier alpha value is -3.52. The molecule has 1 unspecified atom stereocenters. The van der Waals surface area contributed by atoms with Gasteiger partial charge in [-0.1, -0.05) is 78.3 Å². The summed E-state index contributed by atoms with van der Waals surface area (Å²) < 4.78 is 0. The zero-order chi connectivity index (χ0) is 25.8. The van der Waals surface area contributed by atoms with E-state index in [1.165, 1.54) is 5.56 Å². The SMILES string of the molecule is CC(N)C(N)=O.Cc1csc(N)c1.Nc1ccccc1.Nc1ccccc1Cl.c1ccccc1. The number of para-hydroxylation sites is 2. The summed E-state index contributed by atoms with van der Waals surface area (Å²) in [5.74, 6) is -0.463. The van der Waals surface area contributed by atoms with Crippen molar-refractivity contribution in [2.45, 2.75) is 19.9 Å². The number of primary amides is 1. The Morgan fingerprint density at radius 2 is 1.24 bits per heavy atom. The minimum Gasteiger partial charge on any atom is -0.399 e. The van der Waals surface area contributed by atoms with E-state index in [1.54, 1.807) is 30.4 Å². The Balaban J connectivity index is 0.000000402. The molecule has 0 aliphatic rings. The predicted molar refractivity (Wildman–Crippen MR) is 149 cm³/mol. The number of halogens is 1. The lowest BCUT2D eigenvalue weighted by molar-refractivity contribution is -0.118. The van der Waals surface area contributed by atoms with Gasteiger partial charge >= 0.3 is 0 Å². The Bertz CT molecular complexity index is 963. The summed E-state index contributed by atoms with van der Waals surface area (Å²) in [6.07, 6.45) is 0. The van der Waals surface area contributed by atoms with Crippen LogP contribution in [0, 0.1) is 6.92 Å². The number of nitrogen functional groups attached to an aromatic ring is 3. The number of thiophene rings is 1. The molecule has 6 nitrogen and oxygen atoms in total. The molecule has 0 radical (unpaired) electrons. The first-order valence-corrected chi connectivity index (χ1v) is 11.5. The summed E-state index contributed by atoms with van der Waals surface area (Å²) >= 11 is 7.17. The molecule has 3 aromatic carbocycles. The number of hydrogen-bond acceptors (Lipinski definition) is 6. The fraction of sp³-hybridized carbons (Fsp3) is 0.115. The van der Waals surface area contributed by atoms with Gasteiger partial charge in [-0.25, -0.2) is 0 Å². The van der Waals surface area contributed by atoms with Gasteiger partial charge in [-0.15, -0.1) is 11.3 Å². The molecule has 0 aliphatic heterocycles. The lowest BCUT2D eigenvalue weighted by Crippen LogP contribution is -2.32. The molecule has 1 atom stereocenters. The third kappa shape index (κ3) is 18.1. The number of aryl methyl sites for hydroxylation is 1. The average molecular weight is 500 g/mol. The highest BCUT2D eigenvalue weighted by molar-refractivity contribution is 7.14. The van der Waals surface area contributed by atoms with Crippen molar-refractivity contribution in [1.29, 1.82) is 0 Å². The summed E-state index contributed by atoms with van der Waals surface area (Å²) in [6.45, 7) is 3.58. The van der Waals surface area contributed by atoms with Gasteiger partial charge in [-0.3, -0.25) is 4.79 Å². The number of carbonyl (C=O) groups excluding carboxylic acids is 1. The molecular weight excluding hydrogens is 466 g/mol. The molecule has 0 saturated heterocycles. The van der Waals surface area contributed by atoms with Gasteiger partial charge in [0, 0.05) is 5.69 Å². The second-order valence-electron chi connectivity index (χ2n) is 6.80. The van der Waals surface area contributed by atoms with Crippen molar-refractivity contribution >= 4 is 45.2 Å². The van der Waals surface area contributed by atoms with E-state index in [2.05, 4.69) is 5.73 Å². The number of nitrogens with two attached hydrogens (primary N) is 5. The number of hydrogen-bond donors (Lipinski definition) is 5. The molecule has 0 aliphatic carbocycles. The number of benzene rings is 3. The third-order valence-electron chi connectivity index (χ3n) is 3.57. The molecule has 4 rings (SSSR count). The standard InChI is InChI=1S/C6H6ClN.C6H7N.C6H6.C5H7NS.C3H8N2O/c7-5-3-1-2-4-6(5)8;7-6-4-2-1-3-5-6;1-2-4-6-5-3-1;1-4-2-5(6)7-3-4;1-2(4)3(5)6/h1-4H,8H2;1-5H,7H2;1-6H;2-3H,6H2,1H3;2H,4H2,1H3,(H2,5,6). The number of carbonyl (C=O) groups is 1. The van der Waals surface area contributed by atoms with Crippen molar-refractivity contribution in [3.63, 3.8) is 0 Å². The van der Waals surface area contributed by atoms with E-state index in [1.807, 2.05) is 97.2 Å². The minimum atomic E-state index is -0.509. The van der Waals surface area contributed by atoms with E-state index in [4.69, 9.17) is 34.5 Å². The molecule has 0 spiro atoms. The molecule has 1 aromatic heterocycles. The van der Waals surface area contributed by atoms with Crippen molar-refractivity contribution in [2.24, 2.45) is 11.5 Å². The molecule has 0 saturated carbocycles. The summed E-state index contributed by atoms with van der Waals surface area (Å²) in [5.41, 5.74) is 28.5. The van der Waals surface area contributed by atoms with Crippen LogP contribution in [0.25, 0.3) is 0 Å². The fourth-order valence-electron chi connectivity index (χ4n) is 1.77. The molecule has 0 bridgehead atoms. The first-order chi connectivity index (χ1) is 16.1. The number of anilines is 3. The molecule has 182 valence electrons. The molecule has 0 fully saturated rings. The Morgan fingerprint density at radius 3 is 1.44 bits per heavy atom. The average Bonchev–Trinajstić information content (AvgIpc) is 3.21. The lowest BCUT2D eigenvalue weighted by Gasteiger charge is -1.91. The zero-order valence-electron chi connectivity index (χ0n) is 19.5. The highest BCUT2D eigenvalue weighted by Crippen LogP contribution is 2.15. The Kier molecular flexibility index (Phi) is 17.0. The monoisotopic (exact) mass is 499 g/mol. The molecule has 1 amide bonds. The van der Waals surface area contributed by atoms with Crippen LogP contribution in [0.4, 0.5) is 16.4 Å². The smallest absolute Gasteiger partial charge is 0.234 e. The molecule has 4 aromatic rings. The van der Waals surface area contributed by atoms with Crippen molar-refractivity contribution in [2.75, 3.05) is 17.2 Å². The van der Waals surface area contributed by atoms with E-state index in [-0.39, 0.29) is 0 Å². The third-order valence-corrected chi connectivity index (χ3v) is 4.79. The fourth-order valence-corrected chi connectivity index (χ4v) is 2.55. The highest BCUT2D eigenvalue weighted by Gasteiger charge is 1.96. The van der Waals surface area contributed by atoms with Crippen molar-refractivity contribution in [1.82, 2.24) is 0 Å². The first-order valence-electron chi connectivity index (χ1n) is 10.3. The van der Waals surface area contributed by atoms with Crippen molar-refractivity contribution in [3.8, 4) is 0 Å². The van der Waals surface area contributed by atoms with Crippen molar-refractivity contribution in [3.05, 3.63) is 113 Å². The quantitative estimate of drug-likeness (QED) is 0.224. The van der Waals surface area contributed by atoms with E-state index >= 15 is 0 Å². The molecular formula is C26H34ClN5OS. The van der Waals surface area contributed by atoms with Crippen LogP contribution in [-0.2, 0) is 4.79 Å². The highest BCUT2D eigenvalue weighted by atomic mass is 35.5. The van der Waals surface area contributed by atoms with Crippen LogP contribution in [-0.4, -0.2) is 11.9 Å².